The van der Waals surface area contributed by atoms with Crippen molar-refractivity contribution in [3.63, 3.8) is 0 Å². The SMILES string of the molecule is CCc1cc(OC)ncc1-c1cc2c(NC3CCC(N)C3)c(C(N)=Nc3ccc(O)cc3C)cnn2c1. The van der Waals surface area contributed by atoms with Crippen LogP contribution in [0.2, 0.25) is 0 Å². The minimum atomic E-state index is 0.185. The van der Waals surface area contributed by atoms with Crippen LogP contribution in [-0.4, -0.2) is 44.7 Å². The zero-order valence-corrected chi connectivity index (χ0v) is 21.4. The smallest absolute Gasteiger partial charge is 0.213 e. The van der Waals surface area contributed by atoms with Crippen LogP contribution in [0.15, 0.2) is 53.9 Å². The number of ether oxygens (including phenoxy) is 1. The summed E-state index contributed by atoms with van der Waals surface area (Å²) in [4.78, 5) is 9.12. The van der Waals surface area contributed by atoms with Crippen LogP contribution in [-0.2, 0) is 6.42 Å². The lowest BCUT2D eigenvalue weighted by Gasteiger charge is -2.18. The summed E-state index contributed by atoms with van der Waals surface area (Å²) in [6.45, 7) is 4.00. The normalized spacial score (nSPS) is 17.9. The number of fused-ring (bicyclic) bond motifs is 1. The summed E-state index contributed by atoms with van der Waals surface area (Å²) in [6, 6.07) is 9.52. The highest BCUT2D eigenvalue weighted by Gasteiger charge is 2.25. The van der Waals surface area contributed by atoms with Crippen LogP contribution in [0.5, 0.6) is 11.6 Å². The summed E-state index contributed by atoms with van der Waals surface area (Å²) in [5, 5.41) is 18.2. The monoisotopic (exact) mass is 499 g/mol. The van der Waals surface area contributed by atoms with E-state index in [0.717, 1.165) is 59.1 Å². The maximum atomic E-state index is 9.77. The number of aliphatic imine (C=N–C) groups is 1. The van der Waals surface area contributed by atoms with Gasteiger partial charge in [0, 0.05) is 41.7 Å². The molecule has 37 heavy (non-hydrogen) atoms. The molecule has 2 atom stereocenters. The van der Waals surface area contributed by atoms with Crippen LogP contribution in [0.3, 0.4) is 0 Å². The van der Waals surface area contributed by atoms with E-state index in [1.807, 2.05) is 29.9 Å². The van der Waals surface area contributed by atoms with Crippen molar-refractivity contribution in [3.05, 3.63) is 65.6 Å². The fourth-order valence-corrected chi connectivity index (χ4v) is 5.00. The molecule has 0 bridgehead atoms. The van der Waals surface area contributed by atoms with Gasteiger partial charge >= 0.3 is 0 Å². The summed E-state index contributed by atoms with van der Waals surface area (Å²) in [5.74, 6) is 1.13. The first kappa shape index (κ1) is 24.6. The molecule has 0 saturated heterocycles. The first-order valence-corrected chi connectivity index (χ1v) is 12.6. The number of methoxy groups -OCH3 is 1. The number of hydrogen-bond donors (Lipinski definition) is 4. The summed E-state index contributed by atoms with van der Waals surface area (Å²) < 4.78 is 7.18. The average molecular weight is 500 g/mol. The number of nitrogens with two attached hydrogens (primary N) is 2. The maximum Gasteiger partial charge on any atom is 0.213 e. The molecule has 3 heterocycles. The van der Waals surface area contributed by atoms with Gasteiger partial charge in [-0.2, -0.15) is 5.10 Å². The van der Waals surface area contributed by atoms with Crippen LogP contribution in [0.4, 0.5) is 11.4 Å². The molecule has 9 nitrogen and oxygen atoms in total. The van der Waals surface area contributed by atoms with Gasteiger partial charge in [0.1, 0.15) is 11.6 Å². The predicted molar refractivity (Wildman–Crippen MR) is 147 cm³/mol. The molecule has 192 valence electrons. The molecule has 4 aromatic rings. The number of aromatic hydroxyl groups is 1. The number of nitrogens with one attached hydrogen (secondary N) is 1. The van der Waals surface area contributed by atoms with Crippen molar-refractivity contribution >= 4 is 22.7 Å². The zero-order chi connectivity index (χ0) is 26.1. The van der Waals surface area contributed by atoms with Crippen molar-refractivity contribution in [2.24, 2.45) is 16.5 Å². The molecule has 1 aliphatic carbocycles. The molecule has 9 heteroatoms. The minimum absolute atomic E-state index is 0.185. The van der Waals surface area contributed by atoms with E-state index < -0.39 is 0 Å². The van der Waals surface area contributed by atoms with Gasteiger partial charge in [-0.1, -0.05) is 6.92 Å². The highest BCUT2D eigenvalue weighted by atomic mass is 16.5. The number of phenols is 1. The second-order valence-electron chi connectivity index (χ2n) is 9.61. The molecule has 2 unspecified atom stereocenters. The second-order valence-corrected chi connectivity index (χ2v) is 9.61. The van der Waals surface area contributed by atoms with Gasteiger partial charge in [0.2, 0.25) is 5.88 Å². The van der Waals surface area contributed by atoms with Crippen molar-refractivity contribution in [1.29, 1.82) is 0 Å². The number of pyridine rings is 1. The number of phenolic OH excluding ortho intramolecular Hbond substituents is 1. The minimum Gasteiger partial charge on any atom is -0.508 e. The van der Waals surface area contributed by atoms with Gasteiger partial charge in [0.05, 0.1) is 35.8 Å². The lowest BCUT2D eigenvalue weighted by Crippen LogP contribution is -2.24. The van der Waals surface area contributed by atoms with E-state index in [1.165, 1.54) is 0 Å². The highest BCUT2D eigenvalue weighted by Crippen LogP contribution is 2.34. The number of aromatic nitrogens is 3. The number of nitrogens with zero attached hydrogens (tertiary/aromatic N) is 4. The van der Waals surface area contributed by atoms with E-state index in [4.69, 9.17) is 16.2 Å². The molecule has 0 amide bonds. The lowest BCUT2D eigenvalue weighted by molar-refractivity contribution is 0.397. The molecule has 1 fully saturated rings. The Balaban J connectivity index is 1.63. The van der Waals surface area contributed by atoms with Crippen molar-refractivity contribution in [1.82, 2.24) is 14.6 Å². The van der Waals surface area contributed by atoms with Gasteiger partial charge in [0.25, 0.3) is 0 Å². The molecular formula is C28H33N7O2. The van der Waals surface area contributed by atoms with Gasteiger partial charge < -0.3 is 26.6 Å². The van der Waals surface area contributed by atoms with E-state index >= 15 is 0 Å². The Labute approximate surface area is 216 Å². The first-order chi connectivity index (χ1) is 17.9. The van der Waals surface area contributed by atoms with E-state index in [0.29, 0.717) is 23.0 Å². The Morgan fingerprint density at radius 2 is 2.08 bits per heavy atom. The Morgan fingerprint density at radius 1 is 1.24 bits per heavy atom. The number of rotatable bonds is 7. The van der Waals surface area contributed by atoms with Gasteiger partial charge in [-0.25, -0.2) is 14.5 Å². The Hall–Kier alpha value is -4.11. The standard InChI is InChI=1S/C28H33N7O2/c1-4-17-11-26(37-3)31-13-22(17)18-10-25-27(33-20-6-5-19(29)12-20)23(14-32-35(25)15-18)28(30)34-24-8-7-21(36)9-16(24)2/h7-11,13-15,19-20,33,36H,4-6,12,29H2,1-3H3,(H2,30,34). The van der Waals surface area contributed by atoms with E-state index in [1.54, 1.807) is 31.5 Å². The average Bonchev–Trinajstić information content (AvgIpc) is 3.51. The Morgan fingerprint density at radius 3 is 2.78 bits per heavy atom. The number of aryl methyl sites for hydroxylation is 2. The quantitative estimate of drug-likeness (QED) is 0.220. The van der Waals surface area contributed by atoms with Crippen LogP contribution >= 0.6 is 0 Å². The Kier molecular flexibility index (Phi) is 6.71. The van der Waals surface area contributed by atoms with Gasteiger partial charge in [-0.3, -0.25) is 0 Å². The van der Waals surface area contributed by atoms with Crippen LogP contribution in [0, 0.1) is 6.92 Å². The summed E-state index contributed by atoms with van der Waals surface area (Å²) in [6.07, 6.45) is 9.29. The van der Waals surface area contributed by atoms with E-state index in [9.17, 15) is 5.11 Å². The van der Waals surface area contributed by atoms with Crippen molar-refractivity contribution < 1.29 is 9.84 Å². The van der Waals surface area contributed by atoms with Crippen LogP contribution < -0.4 is 21.5 Å². The van der Waals surface area contributed by atoms with Gasteiger partial charge in [0.15, 0.2) is 0 Å². The molecule has 0 radical (unpaired) electrons. The highest BCUT2D eigenvalue weighted by molar-refractivity contribution is 6.06. The number of amidine groups is 1. The zero-order valence-electron chi connectivity index (χ0n) is 21.4. The predicted octanol–water partition coefficient (Wildman–Crippen LogP) is 4.31. The number of hydrogen-bond acceptors (Lipinski definition) is 7. The number of benzene rings is 1. The van der Waals surface area contributed by atoms with Crippen molar-refractivity contribution in [2.75, 3.05) is 12.4 Å². The molecular weight excluding hydrogens is 466 g/mol. The Bertz CT molecular complexity index is 1480. The van der Waals surface area contributed by atoms with E-state index in [2.05, 4.69) is 33.4 Å². The van der Waals surface area contributed by atoms with Gasteiger partial charge in [-0.15, -0.1) is 0 Å². The summed E-state index contributed by atoms with van der Waals surface area (Å²) >= 11 is 0. The lowest BCUT2D eigenvalue weighted by atomic mass is 10.0. The third-order valence-corrected chi connectivity index (χ3v) is 7.02. The molecule has 0 spiro atoms. The van der Waals surface area contributed by atoms with E-state index in [-0.39, 0.29) is 17.8 Å². The molecule has 1 aromatic carbocycles. The van der Waals surface area contributed by atoms with Crippen LogP contribution in [0.1, 0.15) is 42.9 Å². The van der Waals surface area contributed by atoms with Crippen molar-refractivity contribution in [3.8, 4) is 22.8 Å². The van der Waals surface area contributed by atoms with Gasteiger partial charge in [-0.05, 0) is 68.0 Å². The first-order valence-electron chi connectivity index (χ1n) is 12.6. The fraction of sp³-hybridized carbons (Fsp3) is 0.321. The second kappa shape index (κ2) is 10.1. The summed E-state index contributed by atoms with van der Waals surface area (Å²) in [7, 11) is 1.62. The van der Waals surface area contributed by atoms with Crippen LogP contribution in [0.25, 0.3) is 16.6 Å². The molecule has 5 rings (SSSR count). The molecule has 1 saturated carbocycles. The molecule has 3 aromatic heterocycles. The molecule has 0 aliphatic heterocycles. The number of anilines is 1. The molecule has 1 aliphatic rings. The molecule has 6 N–H and O–H groups in total. The third kappa shape index (κ3) is 4.95. The maximum absolute atomic E-state index is 9.77. The summed E-state index contributed by atoms with van der Waals surface area (Å²) in [5.41, 5.74) is 20.0. The third-order valence-electron chi connectivity index (χ3n) is 7.02. The fourth-order valence-electron chi connectivity index (χ4n) is 5.00. The van der Waals surface area contributed by atoms with Crippen molar-refractivity contribution in [2.45, 2.75) is 51.6 Å². The largest absolute Gasteiger partial charge is 0.508 e. The topological polar surface area (TPSA) is 136 Å².